The normalized spacial score (nSPS) is 23.0. The van der Waals surface area contributed by atoms with E-state index in [0.29, 0.717) is 26.2 Å². The van der Waals surface area contributed by atoms with Crippen LogP contribution < -0.4 is 5.32 Å². The molecule has 0 aliphatic carbocycles. The van der Waals surface area contributed by atoms with Crippen molar-refractivity contribution in [1.29, 1.82) is 0 Å². The lowest BCUT2D eigenvalue weighted by atomic mass is 10.2. The summed E-state index contributed by atoms with van der Waals surface area (Å²) in [6.45, 7) is 8.39. The lowest BCUT2D eigenvalue weighted by Gasteiger charge is -2.38. The van der Waals surface area contributed by atoms with E-state index in [1.807, 2.05) is 25.7 Å². The Morgan fingerprint density at radius 1 is 1.35 bits per heavy atom. The van der Waals surface area contributed by atoms with Crippen LogP contribution in [0.5, 0.6) is 0 Å². The first-order chi connectivity index (χ1) is 10.8. The van der Waals surface area contributed by atoms with E-state index in [1.165, 1.54) is 0 Å². The number of rotatable bonds is 8. The number of methoxy groups -OCH3 is 1. The van der Waals surface area contributed by atoms with Crippen LogP contribution in [0.25, 0.3) is 0 Å². The van der Waals surface area contributed by atoms with Gasteiger partial charge in [0.2, 0.25) is 11.8 Å². The highest BCUT2D eigenvalue weighted by Crippen LogP contribution is 2.13. The van der Waals surface area contributed by atoms with Crippen molar-refractivity contribution in [1.82, 2.24) is 15.1 Å². The van der Waals surface area contributed by atoms with E-state index in [2.05, 4.69) is 5.32 Å². The van der Waals surface area contributed by atoms with Gasteiger partial charge in [0.15, 0.2) is 0 Å². The first kappa shape index (κ1) is 19.9. The standard InChI is InChI=1S/C16H31N3O4/c1-12-9-19(10-13(2)23-12)16(21)14(3)18(4)11-15(20)17-7-6-8-22-5/h12-14H,6-11H2,1-5H3,(H,17,20). The zero-order valence-corrected chi connectivity index (χ0v) is 15.0. The monoisotopic (exact) mass is 329 g/mol. The number of carbonyl (C=O) groups excluding carboxylic acids is 2. The Hall–Kier alpha value is -1.18. The molecule has 3 atom stereocenters. The zero-order valence-electron chi connectivity index (χ0n) is 15.0. The fraction of sp³-hybridized carbons (Fsp3) is 0.875. The van der Waals surface area contributed by atoms with Gasteiger partial charge in [0.05, 0.1) is 24.8 Å². The van der Waals surface area contributed by atoms with Gasteiger partial charge in [0.25, 0.3) is 0 Å². The van der Waals surface area contributed by atoms with Crippen molar-refractivity contribution in [3.8, 4) is 0 Å². The molecule has 0 saturated carbocycles. The minimum Gasteiger partial charge on any atom is -0.385 e. The van der Waals surface area contributed by atoms with Gasteiger partial charge in [-0.3, -0.25) is 14.5 Å². The van der Waals surface area contributed by atoms with Crippen molar-refractivity contribution in [2.75, 3.05) is 46.9 Å². The van der Waals surface area contributed by atoms with Crippen LogP contribution in [0.1, 0.15) is 27.2 Å². The third kappa shape index (κ3) is 6.85. The molecule has 1 saturated heterocycles. The Balaban J connectivity index is 2.41. The van der Waals surface area contributed by atoms with Crippen LogP contribution in [0.3, 0.4) is 0 Å². The van der Waals surface area contributed by atoms with Crippen molar-refractivity contribution in [3.63, 3.8) is 0 Å². The molecule has 3 unspecified atom stereocenters. The van der Waals surface area contributed by atoms with Gasteiger partial charge in [0, 0.05) is 33.4 Å². The molecule has 1 aliphatic rings. The van der Waals surface area contributed by atoms with Gasteiger partial charge in [0.1, 0.15) is 0 Å². The van der Waals surface area contributed by atoms with Crippen LogP contribution in [0.4, 0.5) is 0 Å². The Labute approximate surface area is 139 Å². The SMILES string of the molecule is COCCCNC(=O)CN(C)C(C)C(=O)N1CC(C)OC(C)C1. The van der Waals surface area contributed by atoms with Crippen LogP contribution >= 0.6 is 0 Å². The fourth-order valence-corrected chi connectivity index (χ4v) is 2.67. The van der Waals surface area contributed by atoms with Crippen molar-refractivity contribution in [2.24, 2.45) is 0 Å². The molecular weight excluding hydrogens is 298 g/mol. The van der Waals surface area contributed by atoms with Crippen LogP contribution in [0.15, 0.2) is 0 Å². The Morgan fingerprint density at radius 2 is 1.96 bits per heavy atom. The molecule has 1 heterocycles. The molecular formula is C16H31N3O4. The van der Waals surface area contributed by atoms with Crippen molar-refractivity contribution in [3.05, 3.63) is 0 Å². The molecule has 134 valence electrons. The highest BCUT2D eigenvalue weighted by atomic mass is 16.5. The first-order valence-electron chi connectivity index (χ1n) is 8.25. The minimum absolute atomic E-state index is 0.0432. The van der Waals surface area contributed by atoms with Gasteiger partial charge in [-0.15, -0.1) is 0 Å². The Morgan fingerprint density at radius 3 is 2.52 bits per heavy atom. The fourth-order valence-electron chi connectivity index (χ4n) is 2.67. The highest BCUT2D eigenvalue weighted by Gasteiger charge is 2.30. The van der Waals surface area contributed by atoms with Gasteiger partial charge in [-0.25, -0.2) is 0 Å². The summed E-state index contributed by atoms with van der Waals surface area (Å²) < 4.78 is 10.6. The Kier molecular flexibility index (Phi) is 8.51. The maximum absolute atomic E-state index is 12.6. The van der Waals surface area contributed by atoms with Crippen molar-refractivity contribution in [2.45, 2.75) is 45.4 Å². The number of hydrogen-bond donors (Lipinski definition) is 1. The van der Waals surface area contributed by atoms with Gasteiger partial charge >= 0.3 is 0 Å². The summed E-state index contributed by atoms with van der Waals surface area (Å²) in [5, 5.41) is 2.83. The summed E-state index contributed by atoms with van der Waals surface area (Å²) in [7, 11) is 3.43. The third-order valence-corrected chi connectivity index (χ3v) is 3.99. The summed E-state index contributed by atoms with van der Waals surface area (Å²) in [4.78, 5) is 28.1. The highest BCUT2D eigenvalue weighted by molar-refractivity contribution is 5.83. The smallest absolute Gasteiger partial charge is 0.239 e. The van der Waals surface area contributed by atoms with Gasteiger partial charge in [-0.1, -0.05) is 0 Å². The van der Waals surface area contributed by atoms with Crippen molar-refractivity contribution >= 4 is 11.8 Å². The maximum atomic E-state index is 12.6. The van der Waals surface area contributed by atoms with E-state index in [9.17, 15) is 9.59 Å². The molecule has 0 spiro atoms. The van der Waals surface area contributed by atoms with E-state index >= 15 is 0 Å². The van der Waals surface area contributed by atoms with Gasteiger partial charge < -0.3 is 19.7 Å². The molecule has 1 fully saturated rings. The van der Waals surface area contributed by atoms with Crippen LogP contribution in [0, 0.1) is 0 Å². The number of likely N-dealkylation sites (N-methyl/N-ethyl adjacent to an activating group) is 1. The summed E-state index contributed by atoms with van der Waals surface area (Å²) in [5.41, 5.74) is 0. The molecule has 1 rings (SSSR count). The molecule has 1 aliphatic heterocycles. The first-order valence-corrected chi connectivity index (χ1v) is 8.25. The molecule has 0 aromatic heterocycles. The van der Waals surface area contributed by atoms with Gasteiger partial charge in [-0.05, 0) is 34.2 Å². The number of morpholine rings is 1. The lowest BCUT2D eigenvalue weighted by Crippen LogP contribution is -2.54. The van der Waals surface area contributed by atoms with E-state index in [0.717, 1.165) is 6.42 Å². The average Bonchev–Trinajstić information content (AvgIpc) is 2.49. The van der Waals surface area contributed by atoms with Crippen molar-refractivity contribution < 1.29 is 19.1 Å². The molecule has 0 aromatic carbocycles. The molecule has 23 heavy (non-hydrogen) atoms. The number of carbonyl (C=O) groups is 2. The second kappa shape index (κ2) is 9.85. The molecule has 0 aromatic rings. The number of nitrogens with zero attached hydrogens (tertiary/aromatic N) is 2. The molecule has 7 heteroatoms. The minimum atomic E-state index is -0.336. The summed E-state index contributed by atoms with van der Waals surface area (Å²) in [6, 6.07) is -0.336. The van der Waals surface area contributed by atoms with E-state index < -0.39 is 0 Å². The molecule has 0 radical (unpaired) electrons. The molecule has 1 N–H and O–H groups in total. The van der Waals surface area contributed by atoms with Gasteiger partial charge in [-0.2, -0.15) is 0 Å². The lowest BCUT2D eigenvalue weighted by molar-refractivity contribution is -0.148. The van der Waals surface area contributed by atoms with Crippen LogP contribution in [-0.2, 0) is 19.1 Å². The van der Waals surface area contributed by atoms with Crippen LogP contribution in [0.2, 0.25) is 0 Å². The van der Waals surface area contributed by atoms with Crippen LogP contribution in [-0.4, -0.2) is 86.8 Å². The third-order valence-electron chi connectivity index (χ3n) is 3.99. The predicted octanol–water partition coefficient (Wildman–Crippen LogP) is 0.0952. The molecule has 0 bridgehead atoms. The summed E-state index contributed by atoms with van der Waals surface area (Å²) in [6.07, 6.45) is 0.873. The summed E-state index contributed by atoms with van der Waals surface area (Å²) in [5.74, 6) is -0.0337. The second-order valence-corrected chi connectivity index (χ2v) is 6.29. The quantitative estimate of drug-likeness (QED) is 0.639. The predicted molar refractivity (Wildman–Crippen MR) is 88.2 cm³/mol. The average molecular weight is 329 g/mol. The largest absolute Gasteiger partial charge is 0.385 e. The van der Waals surface area contributed by atoms with E-state index in [1.54, 1.807) is 19.1 Å². The van der Waals surface area contributed by atoms with E-state index in [-0.39, 0.29) is 36.6 Å². The number of amides is 2. The zero-order chi connectivity index (χ0) is 17.4. The summed E-state index contributed by atoms with van der Waals surface area (Å²) >= 11 is 0. The topological polar surface area (TPSA) is 71.1 Å². The van der Waals surface area contributed by atoms with E-state index in [4.69, 9.17) is 9.47 Å². The number of hydrogen-bond acceptors (Lipinski definition) is 5. The molecule has 7 nitrogen and oxygen atoms in total. The number of nitrogens with one attached hydrogen (secondary N) is 1. The Bertz CT molecular complexity index is 382. The number of ether oxygens (including phenoxy) is 2. The maximum Gasteiger partial charge on any atom is 0.239 e. The molecule has 2 amide bonds. The second-order valence-electron chi connectivity index (χ2n) is 6.29.